The number of piperazine rings is 1. The molecule has 10 heteroatoms. The first kappa shape index (κ1) is 24.8. The van der Waals surface area contributed by atoms with Crippen LogP contribution in [-0.4, -0.2) is 57.1 Å². The van der Waals surface area contributed by atoms with E-state index in [1.807, 2.05) is 18.2 Å². The fourth-order valence-corrected chi connectivity index (χ4v) is 5.45. The molecule has 37 heavy (non-hydrogen) atoms. The van der Waals surface area contributed by atoms with Gasteiger partial charge in [0.2, 0.25) is 5.76 Å². The highest BCUT2D eigenvalue weighted by molar-refractivity contribution is 7.92. The molecular formula is C27H28N4O5S. The number of furan rings is 1. The maximum absolute atomic E-state index is 13.3. The minimum Gasteiger partial charge on any atom is -0.460 e. The molecule has 1 N–H and O–H groups in total. The Morgan fingerprint density at radius 3 is 2.57 bits per heavy atom. The number of fused-ring (bicyclic) bond motifs is 1. The Hall–Kier alpha value is -3.89. The van der Waals surface area contributed by atoms with E-state index in [0.717, 1.165) is 32.7 Å². The fourth-order valence-electron chi connectivity index (χ4n) is 4.37. The van der Waals surface area contributed by atoms with E-state index in [1.165, 1.54) is 23.8 Å². The third-order valence-corrected chi connectivity index (χ3v) is 7.59. The van der Waals surface area contributed by atoms with Crippen LogP contribution >= 0.6 is 0 Å². The summed E-state index contributed by atoms with van der Waals surface area (Å²) in [5.41, 5.74) is 1.96. The van der Waals surface area contributed by atoms with E-state index in [9.17, 15) is 13.2 Å². The van der Waals surface area contributed by atoms with Gasteiger partial charge in [-0.2, -0.15) is 0 Å². The number of carbonyl (C=O) groups is 1. The molecule has 9 nitrogen and oxygen atoms in total. The molecule has 1 fully saturated rings. The summed E-state index contributed by atoms with van der Waals surface area (Å²) in [6, 6.07) is 19.8. The summed E-state index contributed by atoms with van der Waals surface area (Å²) >= 11 is 0. The van der Waals surface area contributed by atoms with Crippen LogP contribution in [0.5, 0.6) is 0 Å². The number of aromatic nitrogens is 1. The van der Waals surface area contributed by atoms with Gasteiger partial charge in [-0.05, 0) is 42.8 Å². The second-order valence-corrected chi connectivity index (χ2v) is 10.4. The fraction of sp³-hybridized carbons (Fsp3) is 0.259. The molecular weight excluding hydrogens is 492 g/mol. The molecule has 2 aromatic carbocycles. The average molecular weight is 521 g/mol. The van der Waals surface area contributed by atoms with Crippen LogP contribution in [0.1, 0.15) is 23.0 Å². The van der Waals surface area contributed by atoms with Crippen LogP contribution in [0.3, 0.4) is 0 Å². The van der Waals surface area contributed by atoms with Crippen molar-refractivity contribution in [2.24, 2.45) is 0 Å². The molecule has 4 aromatic rings. The Bertz CT molecular complexity index is 1500. The molecule has 0 spiro atoms. The van der Waals surface area contributed by atoms with Crippen LogP contribution in [0.2, 0.25) is 0 Å². The van der Waals surface area contributed by atoms with Crippen LogP contribution < -0.4 is 9.62 Å². The van der Waals surface area contributed by atoms with Gasteiger partial charge in [-0.1, -0.05) is 30.3 Å². The van der Waals surface area contributed by atoms with Gasteiger partial charge in [-0.15, -0.1) is 0 Å². The van der Waals surface area contributed by atoms with Crippen molar-refractivity contribution in [3.05, 3.63) is 84.3 Å². The molecule has 0 unspecified atom stereocenters. The highest BCUT2D eigenvalue weighted by atomic mass is 32.2. The summed E-state index contributed by atoms with van der Waals surface area (Å²) in [4.78, 5) is 21.0. The standard InChI is InChI=1S/C27H28N4O5S/c1-2-35-27(32)25-17-21-10-11-22(18-24(21)36-25)37(33,34)29-23-9-6-12-28-26(23)31-15-13-30(14-16-31)19-20-7-4-3-5-8-20/h3-12,17-18,29H,2,13-16,19H2,1H3. The second kappa shape index (κ2) is 10.6. The Labute approximate surface area is 215 Å². The third-order valence-electron chi connectivity index (χ3n) is 6.23. The second-order valence-electron chi connectivity index (χ2n) is 8.76. The number of pyridine rings is 1. The van der Waals surface area contributed by atoms with Gasteiger partial charge in [0, 0.05) is 50.4 Å². The van der Waals surface area contributed by atoms with Gasteiger partial charge >= 0.3 is 5.97 Å². The van der Waals surface area contributed by atoms with E-state index < -0.39 is 16.0 Å². The quantitative estimate of drug-likeness (QED) is 0.346. The molecule has 192 valence electrons. The molecule has 5 rings (SSSR count). The van der Waals surface area contributed by atoms with Gasteiger partial charge in [-0.25, -0.2) is 18.2 Å². The Morgan fingerprint density at radius 1 is 1.03 bits per heavy atom. The molecule has 0 atom stereocenters. The summed E-state index contributed by atoms with van der Waals surface area (Å²) in [5, 5.41) is 0.609. The van der Waals surface area contributed by atoms with Gasteiger partial charge in [0.15, 0.2) is 5.82 Å². The number of sulfonamides is 1. The van der Waals surface area contributed by atoms with E-state index in [0.29, 0.717) is 16.9 Å². The third kappa shape index (κ3) is 5.60. The molecule has 0 saturated carbocycles. The summed E-state index contributed by atoms with van der Waals surface area (Å²) in [6.07, 6.45) is 1.66. The predicted octanol–water partition coefficient (Wildman–Crippen LogP) is 4.13. The molecule has 1 aliphatic heterocycles. The van der Waals surface area contributed by atoms with E-state index in [1.54, 1.807) is 31.3 Å². The minimum absolute atomic E-state index is 0.0206. The SMILES string of the molecule is CCOC(=O)c1cc2ccc(S(=O)(=O)Nc3cccnc3N3CCN(Cc4ccccc4)CC3)cc2o1. The maximum Gasteiger partial charge on any atom is 0.374 e. The van der Waals surface area contributed by atoms with Gasteiger partial charge in [0.25, 0.3) is 10.0 Å². The molecule has 1 aliphatic rings. The molecule has 0 bridgehead atoms. The van der Waals surface area contributed by atoms with Crippen LogP contribution in [0, 0.1) is 0 Å². The van der Waals surface area contributed by atoms with Crippen molar-refractivity contribution in [1.82, 2.24) is 9.88 Å². The van der Waals surface area contributed by atoms with Crippen molar-refractivity contribution in [3.8, 4) is 0 Å². The van der Waals surface area contributed by atoms with Crippen molar-refractivity contribution in [3.63, 3.8) is 0 Å². The van der Waals surface area contributed by atoms with Crippen molar-refractivity contribution in [1.29, 1.82) is 0 Å². The topological polar surface area (TPSA) is 105 Å². The zero-order valence-electron chi connectivity index (χ0n) is 20.5. The number of anilines is 2. The van der Waals surface area contributed by atoms with Gasteiger partial charge in [0.05, 0.1) is 17.2 Å². The number of benzene rings is 2. The zero-order valence-corrected chi connectivity index (χ0v) is 21.3. The maximum atomic E-state index is 13.3. The monoisotopic (exact) mass is 520 g/mol. The predicted molar refractivity (Wildman–Crippen MR) is 141 cm³/mol. The van der Waals surface area contributed by atoms with Crippen molar-refractivity contribution < 1.29 is 22.4 Å². The number of rotatable bonds is 8. The number of hydrogen-bond donors (Lipinski definition) is 1. The van der Waals surface area contributed by atoms with Gasteiger partial charge < -0.3 is 14.1 Å². The van der Waals surface area contributed by atoms with E-state index in [-0.39, 0.29) is 22.8 Å². The Balaban J connectivity index is 1.31. The summed E-state index contributed by atoms with van der Waals surface area (Å²) in [6.45, 7) is 5.94. The molecule has 1 saturated heterocycles. The lowest BCUT2D eigenvalue weighted by molar-refractivity contribution is 0.0492. The van der Waals surface area contributed by atoms with E-state index in [2.05, 4.69) is 31.6 Å². The average Bonchev–Trinajstić information content (AvgIpc) is 3.34. The van der Waals surface area contributed by atoms with Crippen molar-refractivity contribution in [2.45, 2.75) is 18.4 Å². The number of esters is 1. The number of ether oxygens (including phenoxy) is 1. The summed E-state index contributed by atoms with van der Waals surface area (Å²) in [5.74, 6) is 0.0273. The molecule has 0 aliphatic carbocycles. The molecule has 2 aromatic heterocycles. The first-order valence-corrected chi connectivity index (χ1v) is 13.6. The minimum atomic E-state index is -3.94. The first-order valence-electron chi connectivity index (χ1n) is 12.1. The smallest absolute Gasteiger partial charge is 0.374 e. The first-order chi connectivity index (χ1) is 17.9. The summed E-state index contributed by atoms with van der Waals surface area (Å²) in [7, 11) is -3.94. The van der Waals surface area contributed by atoms with Crippen molar-refractivity contribution >= 4 is 38.5 Å². The number of carbonyl (C=O) groups excluding carboxylic acids is 1. The van der Waals surface area contributed by atoms with E-state index in [4.69, 9.17) is 9.15 Å². The largest absolute Gasteiger partial charge is 0.460 e. The van der Waals surface area contributed by atoms with Gasteiger partial charge in [-0.3, -0.25) is 9.62 Å². The lowest BCUT2D eigenvalue weighted by Gasteiger charge is -2.36. The number of hydrogen-bond acceptors (Lipinski definition) is 8. The molecule has 0 radical (unpaired) electrons. The Kier molecular flexibility index (Phi) is 7.11. The Morgan fingerprint density at radius 2 is 1.81 bits per heavy atom. The lowest BCUT2D eigenvalue weighted by Crippen LogP contribution is -2.46. The lowest BCUT2D eigenvalue weighted by atomic mass is 10.2. The van der Waals surface area contributed by atoms with Crippen molar-refractivity contribution in [2.75, 3.05) is 42.4 Å². The normalized spacial score (nSPS) is 14.6. The molecule has 3 heterocycles. The van der Waals surface area contributed by atoms with Crippen LogP contribution in [-0.2, 0) is 21.3 Å². The van der Waals surface area contributed by atoms with E-state index >= 15 is 0 Å². The summed E-state index contributed by atoms with van der Waals surface area (Å²) < 4.78 is 39.8. The van der Waals surface area contributed by atoms with Crippen LogP contribution in [0.4, 0.5) is 11.5 Å². The number of nitrogens with zero attached hydrogens (tertiary/aromatic N) is 3. The zero-order chi connectivity index (χ0) is 25.8. The number of nitrogens with one attached hydrogen (secondary N) is 1. The van der Waals surface area contributed by atoms with Crippen LogP contribution in [0.15, 0.2) is 82.2 Å². The highest BCUT2D eigenvalue weighted by Crippen LogP contribution is 2.29. The van der Waals surface area contributed by atoms with Crippen LogP contribution in [0.25, 0.3) is 11.0 Å². The highest BCUT2D eigenvalue weighted by Gasteiger charge is 2.24. The van der Waals surface area contributed by atoms with Gasteiger partial charge in [0.1, 0.15) is 5.58 Å². The molecule has 0 amide bonds.